The fourth-order valence-corrected chi connectivity index (χ4v) is 4.13. The number of carbonyl (C=O) groups excluding carboxylic acids is 7. The van der Waals surface area contributed by atoms with Crippen LogP contribution >= 0.6 is 0 Å². The van der Waals surface area contributed by atoms with Crippen molar-refractivity contribution in [1.29, 1.82) is 0 Å². The van der Waals surface area contributed by atoms with Gasteiger partial charge >= 0.3 is 18.0 Å². The third kappa shape index (κ3) is 5.19. The van der Waals surface area contributed by atoms with E-state index in [2.05, 4.69) is 0 Å². The number of hydroxylamine groups is 4. The number of likely N-dealkylation sites (tertiary alicyclic amines) is 1. The molecule has 1 aromatic carbocycles. The smallest absolute Gasteiger partial charge is 0.411 e. The number of benzene rings is 1. The summed E-state index contributed by atoms with van der Waals surface area (Å²) in [4.78, 5) is 97.4. The fraction of sp³-hybridized carbons (Fsp3) is 0.435. The second kappa shape index (κ2) is 10.5. The summed E-state index contributed by atoms with van der Waals surface area (Å²) in [7, 11) is 0. The highest BCUT2D eigenvalue weighted by molar-refractivity contribution is 6.03. The predicted molar refractivity (Wildman–Crippen MR) is 114 cm³/mol. The molecule has 0 aromatic heterocycles. The first kappa shape index (κ1) is 24.8. The van der Waals surface area contributed by atoms with Crippen molar-refractivity contribution in [2.45, 2.75) is 63.6 Å². The van der Waals surface area contributed by atoms with E-state index in [4.69, 9.17) is 14.4 Å². The molecule has 3 aliphatic rings. The van der Waals surface area contributed by atoms with Gasteiger partial charge in [-0.05, 0) is 24.8 Å². The number of nitrogens with zero attached hydrogens (tertiary/aromatic N) is 3. The van der Waals surface area contributed by atoms with Crippen LogP contribution in [0, 0.1) is 0 Å². The minimum absolute atomic E-state index is 0.0425. The lowest BCUT2D eigenvalue weighted by atomic mass is 9.96. The number of carbonyl (C=O) groups is 7. The minimum Gasteiger partial charge on any atom is -0.445 e. The van der Waals surface area contributed by atoms with Gasteiger partial charge in [-0.2, -0.15) is 0 Å². The summed E-state index contributed by atoms with van der Waals surface area (Å²) in [5, 5.41) is 0.693. The molecule has 0 spiro atoms. The van der Waals surface area contributed by atoms with Gasteiger partial charge in [0.1, 0.15) is 18.7 Å². The van der Waals surface area contributed by atoms with E-state index in [0.717, 1.165) is 4.90 Å². The largest absolute Gasteiger partial charge is 0.445 e. The number of piperidine rings is 1. The Hall–Kier alpha value is -4.29. The molecular weight excluding hydrogens is 478 g/mol. The average Bonchev–Trinajstić information content (AvgIpc) is 3.37. The molecule has 0 N–H and O–H groups in total. The van der Waals surface area contributed by atoms with Crippen LogP contribution in [0.3, 0.4) is 0 Å². The van der Waals surface area contributed by atoms with Crippen LogP contribution in [0.1, 0.15) is 50.5 Å². The maximum absolute atomic E-state index is 13.1. The molecule has 3 fully saturated rings. The molecule has 1 aromatic rings. The van der Waals surface area contributed by atoms with Gasteiger partial charge in [0.2, 0.25) is 0 Å². The number of amides is 5. The van der Waals surface area contributed by atoms with E-state index >= 15 is 0 Å². The van der Waals surface area contributed by atoms with Crippen LogP contribution in [0.4, 0.5) is 4.79 Å². The highest BCUT2D eigenvalue weighted by atomic mass is 16.7. The first-order chi connectivity index (χ1) is 17.3. The molecule has 4 rings (SSSR count). The average molecular weight is 501 g/mol. The SMILES string of the molecule is O=C(ON1C(=O)CCC1=O)[C@H]1CCC[C@@H](C(=O)ON2C(=O)CCC2=O)N1C(=O)OCc1ccccc1. The Bertz CT molecular complexity index is 1010. The van der Waals surface area contributed by atoms with Crippen LogP contribution < -0.4 is 0 Å². The van der Waals surface area contributed by atoms with Gasteiger partial charge in [0, 0.05) is 25.7 Å². The summed E-state index contributed by atoms with van der Waals surface area (Å²) in [6.45, 7) is -0.175. The summed E-state index contributed by atoms with van der Waals surface area (Å²) >= 11 is 0. The molecule has 0 saturated carbocycles. The Morgan fingerprint density at radius 1 is 0.722 bits per heavy atom. The van der Waals surface area contributed by atoms with Gasteiger partial charge in [-0.3, -0.25) is 24.1 Å². The number of rotatable bonds is 6. The van der Waals surface area contributed by atoms with Crippen LogP contribution in [-0.4, -0.2) is 68.8 Å². The Balaban J connectivity index is 1.54. The third-order valence-corrected chi connectivity index (χ3v) is 5.96. The molecule has 0 radical (unpaired) electrons. The first-order valence-corrected chi connectivity index (χ1v) is 11.4. The van der Waals surface area contributed by atoms with Gasteiger partial charge in [-0.15, -0.1) is 10.1 Å². The van der Waals surface area contributed by atoms with Gasteiger partial charge in [-0.25, -0.2) is 14.4 Å². The number of hydrogen-bond acceptors (Lipinski definition) is 10. The van der Waals surface area contributed by atoms with E-state index < -0.39 is 53.7 Å². The molecule has 190 valence electrons. The lowest BCUT2D eigenvalue weighted by Crippen LogP contribution is -2.58. The van der Waals surface area contributed by atoms with Gasteiger partial charge < -0.3 is 14.4 Å². The van der Waals surface area contributed by atoms with Crippen LogP contribution in [-0.2, 0) is 49.8 Å². The topological polar surface area (TPSA) is 157 Å². The monoisotopic (exact) mass is 501 g/mol. The molecule has 36 heavy (non-hydrogen) atoms. The van der Waals surface area contributed by atoms with E-state index in [-0.39, 0.29) is 51.6 Å². The number of imide groups is 2. The molecule has 13 nitrogen and oxygen atoms in total. The molecule has 2 atom stereocenters. The zero-order valence-corrected chi connectivity index (χ0v) is 19.1. The molecule has 0 aliphatic carbocycles. The minimum atomic E-state index is -1.40. The Morgan fingerprint density at radius 3 is 1.61 bits per heavy atom. The third-order valence-electron chi connectivity index (χ3n) is 5.96. The molecule has 5 amide bonds. The first-order valence-electron chi connectivity index (χ1n) is 11.4. The maximum Gasteiger partial charge on any atom is 0.411 e. The second-order valence-corrected chi connectivity index (χ2v) is 8.39. The lowest BCUT2D eigenvalue weighted by Gasteiger charge is -2.38. The number of ether oxygens (including phenoxy) is 1. The Morgan fingerprint density at radius 2 is 1.17 bits per heavy atom. The molecule has 3 aliphatic heterocycles. The van der Waals surface area contributed by atoms with Crippen LogP contribution in [0.5, 0.6) is 0 Å². The highest BCUT2D eigenvalue weighted by Crippen LogP contribution is 2.28. The van der Waals surface area contributed by atoms with E-state index in [1.54, 1.807) is 30.3 Å². The molecular formula is C23H23N3O10. The van der Waals surface area contributed by atoms with Gasteiger partial charge in [0.05, 0.1) is 0 Å². The Labute approximate surface area is 204 Å². The molecule has 3 saturated heterocycles. The normalized spacial score (nSPS) is 22.2. The van der Waals surface area contributed by atoms with E-state index in [0.29, 0.717) is 15.7 Å². The lowest BCUT2D eigenvalue weighted by molar-refractivity contribution is -0.207. The van der Waals surface area contributed by atoms with Crippen LogP contribution in [0.15, 0.2) is 30.3 Å². The number of hydrogen-bond donors (Lipinski definition) is 0. The van der Waals surface area contributed by atoms with Crippen molar-refractivity contribution in [2.24, 2.45) is 0 Å². The van der Waals surface area contributed by atoms with Gasteiger partial charge in [0.15, 0.2) is 0 Å². The Kier molecular flexibility index (Phi) is 7.27. The van der Waals surface area contributed by atoms with Crippen molar-refractivity contribution < 1.29 is 48.0 Å². The summed E-state index contributed by atoms with van der Waals surface area (Å²) in [5.41, 5.74) is 0.641. The van der Waals surface area contributed by atoms with Crippen LogP contribution in [0.25, 0.3) is 0 Å². The van der Waals surface area contributed by atoms with Crippen molar-refractivity contribution in [3.8, 4) is 0 Å². The van der Waals surface area contributed by atoms with Crippen molar-refractivity contribution >= 4 is 41.7 Å². The zero-order chi connectivity index (χ0) is 25.8. The molecule has 0 bridgehead atoms. The zero-order valence-electron chi connectivity index (χ0n) is 19.1. The summed E-state index contributed by atoms with van der Waals surface area (Å²) < 4.78 is 5.33. The molecule has 0 unspecified atom stereocenters. The summed E-state index contributed by atoms with van der Waals surface area (Å²) in [6, 6.07) is 5.86. The predicted octanol–water partition coefficient (Wildman–Crippen LogP) is 0.761. The highest BCUT2D eigenvalue weighted by Gasteiger charge is 2.47. The van der Waals surface area contributed by atoms with Crippen molar-refractivity contribution in [1.82, 2.24) is 15.0 Å². The molecule has 3 heterocycles. The van der Waals surface area contributed by atoms with Crippen molar-refractivity contribution in [2.75, 3.05) is 0 Å². The summed E-state index contributed by atoms with van der Waals surface area (Å²) in [5.74, 6) is -5.04. The van der Waals surface area contributed by atoms with E-state index in [1.165, 1.54) is 0 Å². The fourth-order valence-electron chi connectivity index (χ4n) is 4.13. The maximum atomic E-state index is 13.1. The summed E-state index contributed by atoms with van der Waals surface area (Å²) in [6.07, 6.45) is -1.19. The van der Waals surface area contributed by atoms with Gasteiger partial charge in [0.25, 0.3) is 23.6 Å². The van der Waals surface area contributed by atoms with Crippen molar-refractivity contribution in [3.63, 3.8) is 0 Å². The van der Waals surface area contributed by atoms with Crippen LogP contribution in [0.2, 0.25) is 0 Å². The second-order valence-electron chi connectivity index (χ2n) is 8.39. The molecule has 13 heteroatoms. The quantitative estimate of drug-likeness (QED) is 0.510. The standard InChI is InChI=1S/C23H23N3O10/c27-17-9-10-18(28)25(17)35-21(31)15-7-4-8-16(22(32)36-26-19(29)11-12-20(26)30)24(15)23(33)34-13-14-5-2-1-3-6-14/h1-3,5-6,15-16H,4,7-13H2/t15-,16+. The van der Waals surface area contributed by atoms with E-state index in [9.17, 15) is 33.6 Å². The van der Waals surface area contributed by atoms with Crippen molar-refractivity contribution in [3.05, 3.63) is 35.9 Å². The van der Waals surface area contributed by atoms with Gasteiger partial charge in [-0.1, -0.05) is 30.3 Å². The van der Waals surface area contributed by atoms with E-state index in [1.807, 2.05) is 0 Å².